The Morgan fingerprint density at radius 3 is 2.75 bits per heavy atom. The number of hydrogen-bond acceptors (Lipinski definition) is 6. The topological polar surface area (TPSA) is 97.0 Å². The molecule has 106 valence electrons. The Kier molecular flexibility index (Phi) is 4.14. The summed E-state index contributed by atoms with van der Waals surface area (Å²) in [6.07, 6.45) is 1.34. The molecule has 0 spiro atoms. The third-order valence-corrected chi connectivity index (χ3v) is 3.64. The minimum atomic E-state index is -0.448. The molecular weight excluding hydrogens is 280 g/mol. The van der Waals surface area contributed by atoms with Gasteiger partial charge in [-0.1, -0.05) is 25.2 Å². The Balaban J connectivity index is 2.15. The minimum Gasteiger partial charge on any atom is -0.491 e. The van der Waals surface area contributed by atoms with Crippen molar-refractivity contribution in [3.63, 3.8) is 0 Å². The maximum Gasteiger partial charge on any atom is 0.274 e. The Bertz CT molecular complexity index is 677. The second-order valence-electron chi connectivity index (χ2n) is 4.33. The zero-order valence-electron chi connectivity index (χ0n) is 11.3. The molecular formula is C12H14N4O3S. The van der Waals surface area contributed by atoms with Crippen LogP contribution in [0.3, 0.4) is 0 Å². The van der Waals surface area contributed by atoms with Crippen LogP contribution in [0.15, 0.2) is 17.1 Å². The molecule has 7 nitrogen and oxygen atoms in total. The molecule has 0 fully saturated rings. The van der Waals surface area contributed by atoms with Crippen molar-refractivity contribution < 1.29 is 9.53 Å². The van der Waals surface area contributed by atoms with Crippen LogP contribution in [0.1, 0.15) is 35.3 Å². The molecule has 0 bridgehead atoms. The van der Waals surface area contributed by atoms with E-state index in [4.69, 9.17) is 4.74 Å². The molecule has 2 rings (SSSR count). The van der Waals surface area contributed by atoms with Gasteiger partial charge in [-0.15, -0.1) is 10.2 Å². The Labute approximate surface area is 119 Å². The lowest BCUT2D eigenvalue weighted by Crippen LogP contribution is -2.17. The zero-order chi connectivity index (χ0) is 14.7. The molecule has 0 radical (unpaired) electrons. The van der Waals surface area contributed by atoms with Gasteiger partial charge >= 0.3 is 0 Å². The number of amides is 1. The lowest BCUT2D eigenvalue weighted by Gasteiger charge is -2.02. The molecule has 2 aromatic rings. The van der Waals surface area contributed by atoms with Gasteiger partial charge in [0.05, 0.1) is 7.11 Å². The van der Waals surface area contributed by atoms with Gasteiger partial charge in [0.2, 0.25) is 10.6 Å². The van der Waals surface area contributed by atoms with Crippen LogP contribution in [0, 0.1) is 0 Å². The summed E-state index contributed by atoms with van der Waals surface area (Å²) in [7, 11) is 1.39. The molecule has 0 unspecified atom stereocenters. The maximum atomic E-state index is 12.0. The largest absolute Gasteiger partial charge is 0.491 e. The van der Waals surface area contributed by atoms with E-state index in [1.165, 1.54) is 30.7 Å². The van der Waals surface area contributed by atoms with Gasteiger partial charge in [0.15, 0.2) is 5.75 Å². The van der Waals surface area contributed by atoms with Crippen LogP contribution in [-0.2, 0) is 0 Å². The molecule has 0 aliphatic rings. The van der Waals surface area contributed by atoms with Gasteiger partial charge in [-0.25, -0.2) is 0 Å². The van der Waals surface area contributed by atoms with Gasteiger partial charge in [-0.2, -0.15) is 0 Å². The fourth-order valence-electron chi connectivity index (χ4n) is 1.43. The van der Waals surface area contributed by atoms with E-state index in [1.807, 2.05) is 13.8 Å². The van der Waals surface area contributed by atoms with E-state index in [9.17, 15) is 9.59 Å². The molecule has 0 atom stereocenters. The summed E-state index contributed by atoms with van der Waals surface area (Å²) in [5, 5.41) is 11.7. The van der Waals surface area contributed by atoms with Crippen LogP contribution in [0.4, 0.5) is 5.13 Å². The van der Waals surface area contributed by atoms with Crippen molar-refractivity contribution in [1.82, 2.24) is 15.2 Å². The van der Waals surface area contributed by atoms with Crippen molar-refractivity contribution >= 4 is 22.4 Å². The van der Waals surface area contributed by atoms with Crippen LogP contribution >= 0.6 is 11.3 Å². The van der Waals surface area contributed by atoms with E-state index in [0.29, 0.717) is 5.13 Å². The molecule has 8 heteroatoms. The van der Waals surface area contributed by atoms with E-state index >= 15 is 0 Å². The Hall–Kier alpha value is -2.22. The molecule has 0 aliphatic carbocycles. The number of H-pyrrole nitrogens is 1. The second kappa shape index (κ2) is 5.83. The summed E-state index contributed by atoms with van der Waals surface area (Å²) >= 11 is 1.30. The first kappa shape index (κ1) is 14.2. The van der Waals surface area contributed by atoms with E-state index in [2.05, 4.69) is 20.5 Å². The third kappa shape index (κ3) is 3.02. The number of nitrogens with one attached hydrogen (secondary N) is 2. The highest BCUT2D eigenvalue weighted by Gasteiger charge is 2.13. The highest BCUT2D eigenvalue weighted by atomic mass is 32.1. The number of rotatable bonds is 4. The molecule has 2 heterocycles. The molecule has 20 heavy (non-hydrogen) atoms. The molecule has 2 aromatic heterocycles. The van der Waals surface area contributed by atoms with E-state index < -0.39 is 5.91 Å². The minimum absolute atomic E-state index is 0.136. The smallest absolute Gasteiger partial charge is 0.274 e. The average molecular weight is 294 g/mol. The van der Waals surface area contributed by atoms with E-state index in [-0.39, 0.29) is 22.8 Å². The Morgan fingerprint density at radius 1 is 1.45 bits per heavy atom. The molecule has 2 N–H and O–H groups in total. The predicted molar refractivity (Wildman–Crippen MR) is 75.6 cm³/mol. The summed E-state index contributed by atoms with van der Waals surface area (Å²) in [4.78, 5) is 26.2. The SMILES string of the molecule is COc1c[nH]c(C(=O)Nc2nnc(C(C)C)s2)cc1=O. The monoisotopic (exact) mass is 294 g/mol. The first-order chi connectivity index (χ1) is 9.51. The average Bonchev–Trinajstić information content (AvgIpc) is 2.87. The molecule has 0 aliphatic heterocycles. The normalized spacial score (nSPS) is 10.6. The first-order valence-electron chi connectivity index (χ1n) is 5.92. The van der Waals surface area contributed by atoms with Gasteiger partial charge in [0.1, 0.15) is 10.7 Å². The van der Waals surface area contributed by atoms with Crippen molar-refractivity contribution in [2.75, 3.05) is 12.4 Å². The summed E-state index contributed by atoms with van der Waals surface area (Å²) in [5.41, 5.74) is -0.228. The van der Waals surface area contributed by atoms with Crippen LogP contribution < -0.4 is 15.5 Å². The second-order valence-corrected chi connectivity index (χ2v) is 5.34. The number of aromatic nitrogens is 3. The number of anilines is 1. The lowest BCUT2D eigenvalue weighted by molar-refractivity contribution is 0.102. The molecule has 0 aromatic carbocycles. The van der Waals surface area contributed by atoms with E-state index in [1.54, 1.807) is 0 Å². The molecule has 1 amide bonds. The van der Waals surface area contributed by atoms with Gasteiger partial charge < -0.3 is 9.72 Å². The number of nitrogens with zero attached hydrogens (tertiary/aromatic N) is 2. The van der Waals surface area contributed by atoms with Crippen LogP contribution in [0.2, 0.25) is 0 Å². The van der Waals surface area contributed by atoms with Gasteiger partial charge in [-0.05, 0) is 0 Å². The van der Waals surface area contributed by atoms with Crippen molar-refractivity contribution in [3.05, 3.63) is 33.2 Å². The summed E-state index contributed by atoms with van der Waals surface area (Å²) in [5.74, 6) is -0.0466. The van der Waals surface area contributed by atoms with Crippen LogP contribution in [0.5, 0.6) is 5.75 Å². The quantitative estimate of drug-likeness (QED) is 0.893. The summed E-state index contributed by atoms with van der Waals surface area (Å²) in [6.45, 7) is 3.99. The van der Waals surface area contributed by atoms with Crippen molar-refractivity contribution in [1.29, 1.82) is 0 Å². The fourth-order valence-corrected chi connectivity index (χ4v) is 2.17. The number of hydrogen-bond donors (Lipinski definition) is 2. The molecule has 0 saturated heterocycles. The molecule has 0 saturated carbocycles. The van der Waals surface area contributed by atoms with Crippen LogP contribution in [0.25, 0.3) is 0 Å². The maximum absolute atomic E-state index is 12.0. The van der Waals surface area contributed by atoms with Crippen molar-refractivity contribution in [2.45, 2.75) is 19.8 Å². The van der Waals surface area contributed by atoms with Crippen LogP contribution in [-0.4, -0.2) is 28.2 Å². The summed E-state index contributed by atoms with van der Waals surface area (Å²) in [6, 6.07) is 1.18. The number of carbonyl (C=O) groups excluding carboxylic acids is 1. The summed E-state index contributed by atoms with van der Waals surface area (Å²) < 4.78 is 4.83. The zero-order valence-corrected chi connectivity index (χ0v) is 12.1. The predicted octanol–water partition coefficient (Wildman–Crippen LogP) is 1.61. The highest BCUT2D eigenvalue weighted by molar-refractivity contribution is 7.15. The number of pyridine rings is 1. The number of ether oxygens (including phenoxy) is 1. The fraction of sp³-hybridized carbons (Fsp3) is 0.333. The number of methoxy groups -OCH3 is 1. The van der Waals surface area contributed by atoms with Crippen molar-refractivity contribution in [2.24, 2.45) is 0 Å². The van der Waals surface area contributed by atoms with Gasteiger partial charge in [-0.3, -0.25) is 14.9 Å². The van der Waals surface area contributed by atoms with Gasteiger partial charge in [0.25, 0.3) is 5.91 Å². The van der Waals surface area contributed by atoms with Crippen molar-refractivity contribution in [3.8, 4) is 5.75 Å². The highest BCUT2D eigenvalue weighted by Crippen LogP contribution is 2.22. The lowest BCUT2D eigenvalue weighted by atomic mass is 10.2. The van der Waals surface area contributed by atoms with E-state index in [0.717, 1.165) is 5.01 Å². The first-order valence-corrected chi connectivity index (χ1v) is 6.74. The number of aromatic amines is 1. The van der Waals surface area contributed by atoms with Gasteiger partial charge in [0, 0.05) is 18.2 Å². The third-order valence-electron chi connectivity index (χ3n) is 2.50. The Morgan fingerprint density at radius 2 is 2.20 bits per heavy atom. The standard InChI is InChI=1S/C12H14N4O3S/c1-6(2)11-15-16-12(20-11)14-10(18)7-4-8(17)9(19-3)5-13-7/h4-6H,1-3H3,(H,13,17)(H,14,16,18). The number of carbonyl (C=O) groups is 1.